The van der Waals surface area contributed by atoms with E-state index >= 15 is 0 Å². The van der Waals surface area contributed by atoms with E-state index in [0.29, 0.717) is 44.1 Å². The van der Waals surface area contributed by atoms with Crippen molar-refractivity contribution in [3.05, 3.63) is 75.8 Å². The monoisotopic (exact) mass is 801 g/mol. The van der Waals surface area contributed by atoms with E-state index in [1.54, 1.807) is 45.0 Å². The van der Waals surface area contributed by atoms with Crippen molar-refractivity contribution in [1.82, 2.24) is 20.2 Å². The van der Waals surface area contributed by atoms with Gasteiger partial charge < -0.3 is 29.7 Å². The average molecular weight is 802 g/mol. The van der Waals surface area contributed by atoms with Crippen LogP contribution in [0.3, 0.4) is 0 Å². The standard InChI is InChI=1S/C39H40ClN7O6S2/c1-24(37(49)50)47(32(48)14-15-43-38(51)53-39(2,3)4)18-19-52-29-12-8-25(9-13-29)33-30(20-41)34(46-16-5-17-46)45-36(31(33)21-42)55-23-28-22-54-35(44-28)26-6-10-27(40)11-7-26/h6-13,22,24H,5,14-19,23H2,1-4H3,(H,43,51)(H,49,50)/t24-/m0/s1. The van der Waals surface area contributed by atoms with Crippen LogP contribution >= 0.6 is 34.7 Å². The van der Waals surface area contributed by atoms with Gasteiger partial charge in [0, 0.05) is 53.3 Å². The van der Waals surface area contributed by atoms with Crippen LogP contribution in [0.2, 0.25) is 5.02 Å². The summed E-state index contributed by atoms with van der Waals surface area (Å²) in [5.41, 5.74) is 2.78. The number of thioether (sulfide) groups is 1. The first kappa shape index (κ1) is 40.8. The Bertz CT molecular complexity index is 2100. The molecule has 0 spiro atoms. The molecule has 286 valence electrons. The van der Waals surface area contributed by atoms with Gasteiger partial charge >= 0.3 is 12.1 Å². The predicted molar refractivity (Wildman–Crippen MR) is 211 cm³/mol. The molecule has 55 heavy (non-hydrogen) atoms. The second-order valence-electron chi connectivity index (χ2n) is 13.5. The molecule has 13 nitrogen and oxygen atoms in total. The number of hydrogen-bond donors (Lipinski definition) is 2. The molecule has 1 atom stereocenters. The second kappa shape index (κ2) is 18.3. The lowest BCUT2D eigenvalue weighted by atomic mass is 9.96. The highest BCUT2D eigenvalue weighted by atomic mass is 35.5. The van der Waals surface area contributed by atoms with E-state index < -0.39 is 29.6 Å². The van der Waals surface area contributed by atoms with Gasteiger partial charge in [-0.1, -0.05) is 47.6 Å². The van der Waals surface area contributed by atoms with Crippen molar-refractivity contribution in [2.75, 3.05) is 37.7 Å². The summed E-state index contributed by atoms with van der Waals surface area (Å²) < 4.78 is 11.1. The van der Waals surface area contributed by atoms with Crippen molar-refractivity contribution >= 4 is 58.5 Å². The van der Waals surface area contributed by atoms with Crippen LogP contribution in [0.25, 0.3) is 21.7 Å². The van der Waals surface area contributed by atoms with Gasteiger partial charge in [-0.3, -0.25) is 4.79 Å². The number of carboxylic acids is 1. The third-order valence-electron chi connectivity index (χ3n) is 8.42. The lowest BCUT2D eigenvalue weighted by Gasteiger charge is -2.33. The van der Waals surface area contributed by atoms with E-state index in [1.165, 1.54) is 34.9 Å². The van der Waals surface area contributed by atoms with E-state index in [1.807, 2.05) is 34.5 Å². The van der Waals surface area contributed by atoms with Gasteiger partial charge in [0.05, 0.1) is 17.8 Å². The Morgan fingerprint density at radius 1 is 1.05 bits per heavy atom. The van der Waals surface area contributed by atoms with Crippen LogP contribution in [0.5, 0.6) is 5.75 Å². The molecule has 1 aliphatic rings. The number of carbonyl (C=O) groups is 3. The van der Waals surface area contributed by atoms with E-state index in [0.717, 1.165) is 35.8 Å². The molecule has 2 amide bonds. The molecule has 2 N–H and O–H groups in total. The molecule has 4 aromatic rings. The summed E-state index contributed by atoms with van der Waals surface area (Å²) >= 11 is 8.96. The Kier molecular flexibility index (Phi) is 13.6. The predicted octanol–water partition coefficient (Wildman–Crippen LogP) is 7.37. The van der Waals surface area contributed by atoms with E-state index in [9.17, 15) is 30.0 Å². The van der Waals surface area contributed by atoms with Crippen molar-refractivity contribution < 1.29 is 29.0 Å². The van der Waals surface area contributed by atoms with Gasteiger partial charge in [-0.15, -0.1) is 11.3 Å². The minimum absolute atomic E-state index is 0.0133. The Morgan fingerprint density at radius 2 is 1.73 bits per heavy atom. The maximum Gasteiger partial charge on any atom is 0.407 e. The number of carboxylic acid groups (broad SMARTS) is 1. The number of hydrogen-bond acceptors (Lipinski definition) is 12. The molecule has 1 fully saturated rings. The fraction of sp³-hybridized carbons (Fsp3) is 0.359. The third-order valence-corrected chi connectivity index (χ3v) is 10.6. The number of alkyl carbamates (subject to hydrolysis) is 1. The number of halogens is 1. The van der Waals surface area contributed by atoms with Crippen LogP contribution in [0.4, 0.5) is 10.6 Å². The van der Waals surface area contributed by atoms with Crippen LogP contribution in [0.15, 0.2) is 58.9 Å². The largest absolute Gasteiger partial charge is 0.492 e. The lowest BCUT2D eigenvalue weighted by molar-refractivity contribution is -0.149. The van der Waals surface area contributed by atoms with E-state index in [-0.39, 0.29) is 31.7 Å². The fourth-order valence-corrected chi connectivity index (χ4v) is 7.46. The minimum Gasteiger partial charge on any atom is -0.492 e. The Morgan fingerprint density at radius 3 is 2.33 bits per heavy atom. The molecule has 1 aliphatic heterocycles. The maximum atomic E-state index is 13.0. The quantitative estimate of drug-likeness (QED) is 0.114. The highest BCUT2D eigenvalue weighted by Crippen LogP contribution is 2.40. The van der Waals surface area contributed by atoms with Gasteiger partial charge in [-0.2, -0.15) is 10.5 Å². The zero-order chi connectivity index (χ0) is 39.7. The van der Waals surface area contributed by atoms with E-state index in [4.69, 9.17) is 31.0 Å². The number of nitrogens with one attached hydrogen (secondary N) is 1. The van der Waals surface area contributed by atoms with Gasteiger partial charge in [0.2, 0.25) is 5.91 Å². The molecular weight excluding hydrogens is 762 g/mol. The molecule has 0 unspecified atom stereocenters. The average Bonchev–Trinajstić information content (AvgIpc) is 3.60. The summed E-state index contributed by atoms with van der Waals surface area (Å²) in [6.07, 6.45) is 0.167. The van der Waals surface area contributed by atoms with Gasteiger partial charge in [0.15, 0.2) is 0 Å². The highest BCUT2D eigenvalue weighted by Gasteiger charge is 2.28. The number of pyridine rings is 1. The molecule has 2 aromatic carbocycles. The third kappa shape index (κ3) is 10.7. The number of thiazole rings is 1. The van der Waals surface area contributed by atoms with Crippen molar-refractivity contribution in [3.8, 4) is 39.6 Å². The molecule has 1 saturated heterocycles. The fourth-order valence-electron chi connectivity index (χ4n) is 5.53. The smallest absolute Gasteiger partial charge is 0.407 e. The van der Waals surface area contributed by atoms with E-state index in [2.05, 4.69) is 17.5 Å². The molecule has 0 aliphatic carbocycles. The number of amides is 2. The SMILES string of the molecule is C[C@@H](C(=O)O)N(CCOc1ccc(-c2c(C#N)c(SCc3csc(-c4ccc(Cl)cc4)n3)nc(N3CCC3)c2C#N)cc1)C(=O)CCNC(=O)OC(C)(C)C. The normalized spacial score (nSPS) is 12.8. The number of nitrogens with zero attached hydrogens (tertiary/aromatic N) is 6. The van der Waals surface area contributed by atoms with Crippen LogP contribution in [0.1, 0.15) is 57.4 Å². The zero-order valence-corrected chi connectivity index (χ0v) is 33.2. The molecule has 0 radical (unpaired) electrons. The number of benzene rings is 2. The lowest BCUT2D eigenvalue weighted by Crippen LogP contribution is -2.46. The summed E-state index contributed by atoms with van der Waals surface area (Å²) in [5, 5.41) is 37.0. The first-order valence-electron chi connectivity index (χ1n) is 17.5. The number of ether oxygens (including phenoxy) is 2. The maximum absolute atomic E-state index is 13.0. The van der Waals surface area contributed by atoms with Gasteiger partial charge in [-0.05, 0) is 63.9 Å². The van der Waals surface area contributed by atoms with Crippen LogP contribution in [-0.2, 0) is 20.1 Å². The number of nitriles is 2. The zero-order valence-electron chi connectivity index (χ0n) is 30.8. The first-order chi connectivity index (χ1) is 26.3. The van der Waals surface area contributed by atoms with Gasteiger partial charge in [0.1, 0.15) is 57.6 Å². The van der Waals surface area contributed by atoms with Crippen LogP contribution in [0, 0.1) is 22.7 Å². The Hall–Kier alpha value is -5.35. The molecule has 5 rings (SSSR count). The molecule has 3 heterocycles. The summed E-state index contributed by atoms with van der Waals surface area (Å²) in [4.78, 5) is 49.6. The molecule has 0 bridgehead atoms. The topological polar surface area (TPSA) is 182 Å². The van der Waals surface area contributed by atoms with Crippen molar-refractivity contribution in [2.45, 2.75) is 63.0 Å². The van der Waals surface area contributed by atoms with Gasteiger partial charge in [0.25, 0.3) is 0 Å². The second-order valence-corrected chi connectivity index (χ2v) is 15.8. The number of aliphatic carboxylic acids is 1. The summed E-state index contributed by atoms with van der Waals surface area (Å²) in [6, 6.07) is 17.9. The summed E-state index contributed by atoms with van der Waals surface area (Å²) in [5.74, 6) is -0.220. The number of anilines is 1. The number of aromatic nitrogens is 2. The van der Waals surface area contributed by atoms with Gasteiger partial charge in [-0.25, -0.2) is 19.6 Å². The van der Waals surface area contributed by atoms with Crippen LogP contribution in [-0.4, -0.2) is 82.4 Å². The number of rotatable bonds is 15. The minimum atomic E-state index is -1.18. The molecular formula is C39H40ClN7O6S2. The van der Waals surface area contributed by atoms with Crippen molar-refractivity contribution in [1.29, 1.82) is 10.5 Å². The number of carbonyl (C=O) groups excluding carboxylic acids is 2. The molecule has 16 heteroatoms. The molecule has 2 aromatic heterocycles. The van der Waals surface area contributed by atoms with Crippen molar-refractivity contribution in [3.63, 3.8) is 0 Å². The van der Waals surface area contributed by atoms with Crippen molar-refractivity contribution in [2.24, 2.45) is 0 Å². The first-order valence-corrected chi connectivity index (χ1v) is 19.7. The Labute approximate surface area is 332 Å². The summed E-state index contributed by atoms with van der Waals surface area (Å²) in [6.45, 7) is 8.00. The highest BCUT2D eigenvalue weighted by molar-refractivity contribution is 7.98. The van der Waals surface area contributed by atoms with Crippen LogP contribution < -0.4 is 15.0 Å². The Balaban J connectivity index is 1.30. The summed E-state index contributed by atoms with van der Waals surface area (Å²) in [7, 11) is 0. The molecule has 0 saturated carbocycles.